The Labute approximate surface area is 128 Å². The average molecular weight is 315 g/mol. The number of hydrogen-bond acceptors (Lipinski definition) is 4. The van der Waals surface area contributed by atoms with Crippen molar-refractivity contribution in [2.75, 3.05) is 27.3 Å². The maximum absolute atomic E-state index is 12.5. The number of carbonyl (C=O) groups excluding carboxylic acids is 2. The molecule has 0 saturated carbocycles. The van der Waals surface area contributed by atoms with E-state index in [9.17, 15) is 9.59 Å². The summed E-state index contributed by atoms with van der Waals surface area (Å²) >= 11 is 5.79. The van der Waals surface area contributed by atoms with E-state index >= 15 is 0 Å². The summed E-state index contributed by atoms with van der Waals surface area (Å²) in [5, 5.41) is 7.09. The van der Waals surface area contributed by atoms with Gasteiger partial charge in [-0.2, -0.15) is 5.10 Å². The Morgan fingerprint density at radius 3 is 2.90 bits per heavy atom. The Morgan fingerprint density at radius 1 is 1.57 bits per heavy atom. The van der Waals surface area contributed by atoms with Gasteiger partial charge in [-0.25, -0.2) is 0 Å². The number of rotatable bonds is 5. The van der Waals surface area contributed by atoms with Crippen LogP contribution in [-0.2, 0) is 20.9 Å². The number of nitrogens with one attached hydrogen (secondary N) is 1. The van der Waals surface area contributed by atoms with Gasteiger partial charge in [0.1, 0.15) is 12.1 Å². The molecule has 0 spiro atoms. The van der Waals surface area contributed by atoms with Gasteiger partial charge in [0.25, 0.3) is 0 Å². The standard InChI is InChI=1S/C13H19ClN4O3/c1-15-12(20)13(9-21-2)4-3-5-18(13)11(19)8-17-7-10(14)6-16-17/h6-7H,3-5,8-9H2,1-2H3,(H,15,20). The van der Waals surface area contributed by atoms with Crippen molar-refractivity contribution in [1.29, 1.82) is 0 Å². The summed E-state index contributed by atoms with van der Waals surface area (Å²) in [7, 11) is 3.09. The Morgan fingerprint density at radius 2 is 2.33 bits per heavy atom. The molecule has 1 aliphatic rings. The first-order valence-electron chi connectivity index (χ1n) is 6.73. The quantitative estimate of drug-likeness (QED) is 0.847. The van der Waals surface area contributed by atoms with Crippen LogP contribution in [0.5, 0.6) is 0 Å². The van der Waals surface area contributed by atoms with Crippen molar-refractivity contribution < 1.29 is 14.3 Å². The molecule has 0 aliphatic carbocycles. The largest absolute Gasteiger partial charge is 0.382 e. The van der Waals surface area contributed by atoms with E-state index in [1.807, 2.05) is 0 Å². The fourth-order valence-electron chi connectivity index (χ4n) is 2.81. The zero-order valence-electron chi connectivity index (χ0n) is 12.1. The third kappa shape index (κ3) is 3.03. The summed E-state index contributed by atoms with van der Waals surface area (Å²) in [5.74, 6) is -0.374. The van der Waals surface area contributed by atoms with Crippen molar-refractivity contribution in [3.63, 3.8) is 0 Å². The second kappa shape index (κ2) is 6.44. The molecule has 7 nitrogen and oxygen atoms in total. The van der Waals surface area contributed by atoms with Crippen LogP contribution in [0.1, 0.15) is 12.8 Å². The fourth-order valence-corrected chi connectivity index (χ4v) is 2.97. The second-order valence-corrected chi connectivity index (χ2v) is 5.49. The Kier molecular flexibility index (Phi) is 4.84. The number of halogens is 1. The van der Waals surface area contributed by atoms with E-state index < -0.39 is 5.54 Å². The molecule has 116 valence electrons. The normalized spacial score (nSPS) is 21.6. The number of likely N-dealkylation sites (tertiary alicyclic amines) is 1. The van der Waals surface area contributed by atoms with Crippen LogP contribution in [0.15, 0.2) is 12.4 Å². The van der Waals surface area contributed by atoms with Gasteiger partial charge in [-0.3, -0.25) is 14.3 Å². The molecular weight excluding hydrogens is 296 g/mol. The lowest BCUT2D eigenvalue weighted by molar-refractivity contribution is -0.148. The van der Waals surface area contributed by atoms with Gasteiger partial charge in [-0.15, -0.1) is 0 Å². The van der Waals surface area contributed by atoms with Crippen LogP contribution in [-0.4, -0.2) is 59.3 Å². The minimum Gasteiger partial charge on any atom is -0.382 e. The SMILES string of the molecule is CNC(=O)C1(COC)CCCN1C(=O)Cn1cc(Cl)cn1. The highest BCUT2D eigenvalue weighted by molar-refractivity contribution is 6.30. The summed E-state index contributed by atoms with van der Waals surface area (Å²) < 4.78 is 6.65. The van der Waals surface area contributed by atoms with Crippen LogP contribution in [0, 0.1) is 0 Å². The number of aromatic nitrogens is 2. The molecule has 1 saturated heterocycles. The van der Waals surface area contributed by atoms with E-state index in [4.69, 9.17) is 16.3 Å². The third-order valence-electron chi connectivity index (χ3n) is 3.72. The van der Waals surface area contributed by atoms with E-state index in [2.05, 4.69) is 10.4 Å². The minimum atomic E-state index is -0.933. The highest BCUT2D eigenvalue weighted by Crippen LogP contribution is 2.30. The zero-order valence-corrected chi connectivity index (χ0v) is 12.9. The van der Waals surface area contributed by atoms with Crippen LogP contribution in [0.4, 0.5) is 0 Å². The molecule has 2 amide bonds. The third-order valence-corrected chi connectivity index (χ3v) is 3.92. The van der Waals surface area contributed by atoms with Gasteiger partial charge < -0.3 is 15.0 Å². The fraction of sp³-hybridized carbons (Fsp3) is 0.615. The average Bonchev–Trinajstić information content (AvgIpc) is 3.05. The van der Waals surface area contributed by atoms with Gasteiger partial charge in [0.2, 0.25) is 11.8 Å². The topological polar surface area (TPSA) is 76.5 Å². The van der Waals surface area contributed by atoms with E-state index in [1.165, 1.54) is 18.0 Å². The zero-order chi connectivity index (χ0) is 15.5. The number of carbonyl (C=O) groups is 2. The van der Waals surface area contributed by atoms with Crippen LogP contribution in [0.3, 0.4) is 0 Å². The highest BCUT2D eigenvalue weighted by atomic mass is 35.5. The van der Waals surface area contributed by atoms with Crippen molar-refractivity contribution in [2.24, 2.45) is 0 Å². The molecule has 0 radical (unpaired) electrons. The monoisotopic (exact) mass is 314 g/mol. The highest BCUT2D eigenvalue weighted by Gasteiger charge is 2.49. The molecule has 21 heavy (non-hydrogen) atoms. The summed E-state index contributed by atoms with van der Waals surface area (Å²) in [6.45, 7) is 0.762. The van der Waals surface area contributed by atoms with Crippen LogP contribution < -0.4 is 5.32 Å². The molecule has 1 aromatic heterocycles. The van der Waals surface area contributed by atoms with Gasteiger partial charge >= 0.3 is 0 Å². The van der Waals surface area contributed by atoms with Gasteiger partial charge in [-0.1, -0.05) is 11.6 Å². The molecular formula is C13H19ClN4O3. The lowest BCUT2D eigenvalue weighted by Gasteiger charge is -2.36. The van der Waals surface area contributed by atoms with Crippen molar-refractivity contribution in [3.05, 3.63) is 17.4 Å². The lowest BCUT2D eigenvalue weighted by atomic mass is 9.95. The van der Waals surface area contributed by atoms with Crippen molar-refractivity contribution in [1.82, 2.24) is 20.0 Å². The van der Waals surface area contributed by atoms with Crippen LogP contribution in [0.2, 0.25) is 5.02 Å². The van der Waals surface area contributed by atoms with Crippen molar-refractivity contribution in [3.8, 4) is 0 Å². The van der Waals surface area contributed by atoms with E-state index in [0.717, 1.165) is 6.42 Å². The maximum atomic E-state index is 12.5. The molecule has 1 aromatic rings. The molecule has 0 aromatic carbocycles. The molecule has 1 atom stereocenters. The first kappa shape index (κ1) is 15.8. The lowest BCUT2D eigenvalue weighted by Crippen LogP contribution is -2.60. The Balaban J connectivity index is 2.19. The molecule has 0 bridgehead atoms. The molecule has 1 fully saturated rings. The van der Waals surface area contributed by atoms with E-state index in [-0.39, 0.29) is 25.0 Å². The molecule has 2 rings (SSSR count). The van der Waals surface area contributed by atoms with E-state index in [0.29, 0.717) is 18.0 Å². The number of nitrogens with zero attached hydrogens (tertiary/aromatic N) is 3. The van der Waals surface area contributed by atoms with Crippen molar-refractivity contribution in [2.45, 2.75) is 24.9 Å². The summed E-state index contributed by atoms with van der Waals surface area (Å²) in [6.07, 6.45) is 4.40. The number of hydrogen-bond donors (Lipinski definition) is 1. The van der Waals surface area contributed by atoms with E-state index in [1.54, 1.807) is 18.1 Å². The number of likely N-dealkylation sites (N-methyl/N-ethyl adjacent to an activating group) is 1. The second-order valence-electron chi connectivity index (χ2n) is 5.05. The van der Waals surface area contributed by atoms with Crippen LogP contribution in [0.25, 0.3) is 0 Å². The molecule has 1 aliphatic heterocycles. The summed E-state index contributed by atoms with van der Waals surface area (Å²) in [6, 6.07) is 0. The molecule has 1 N–H and O–H groups in total. The van der Waals surface area contributed by atoms with Gasteiger partial charge in [-0.05, 0) is 12.8 Å². The first-order valence-corrected chi connectivity index (χ1v) is 7.11. The summed E-state index contributed by atoms with van der Waals surface area (Å²) in [5.41, 5.74) is -0.933. The first-order chi connectivity index (χ1) is 10.0. The number of amides is 2. The number of ether oxygens (including phenoxy) is 1. The number of methoxy groups -OCH3 is 1. The van der Waals surface area contributed by atoms with Gasteiger partial charge in [0.15, 0.2) is 0 Å². The summed E-state index contributed by atoms with van der Waals surface area (Å²) in [4.78, 5) is 26.4. The predicted octanol–water partition coefficient (Wildman–Crippen LogP) is 0.290. The van der Waals surface area contributed by atoms with Gasteiger partial charge in [0.05, 0.1) is 17.8 Å². The smallest absolute Gasteiger partial charge is 0.248 e. The Hall–Kier alpha value is -1.60. The maximum Gasteiger partial charge on any atom is 0.248 e. The van der Waals surface area contributed by atoms with Gasteiger partial charge in [0, 0.05) is 26.9 Å². The Bertz CT molecular complexity index is 533. The minimum absolute atomic E-state index is 0.0508. The molecule has 8 heteroatoms. The molecule has 2 heterocycles. The molecule has 1 unspecified atom stereocenters. The van der Waals surface area contributed by atoms with Crippen LogP contribution >= 0.6 is 11.6 Å². The van der Waals surface area contributed by atoms with Crippen molar-refractivity contribution >= 4 is 23.4 Å². The predicted molar refractivity (Wildman–Crippen MR) is 76.9 cm³/mol.